The second kappa shape index (κ2) is 7.67. The van der Waals surface area contributed by atoms with Gasteiger partial charge in [-0.25, -0.2) is 0 Å². The van der Waals surface area contributed by atoms with Gasteiger partial charge >= 0.3 is 0 Å². The summed E-state index contributed by atoms with van der Waals surface area (Å²) in [4.78, 5) is 0. The highest BCUT2D eigenvalue weighted by Gasteiger charge is 2.06. The number of hydrogen-bond acceptors (Lipinski definition) is 3. The van der Waals surface area contributed by atoms with Crippen molar-refractivity contribution in [3.8, 4) is 17.2 Å². The Bertz CT molecular complexity index is 503. The highest BCUT2D eigenvalue weighted by atomic mass is 35.5. The molecule has 0 atom stereocenters. The van der Waals surface area contributed by atoms with Crippen molar-refractivity contribution in [3.63, 3.8) is 0 Å². The fourth-order valence-corrected chi connectivity index (χ4v) is 1.77. The van der Waals surface area contributed by atoms with E-state index in [9.17, 15) is 5.11 Å². The van der Waals surface area contributed by atoms with Gasteiger partial charge in [-0.1, -0.05) is 18.2 Å². The molecule has 0 saturated heterocycles. The van der Waals surface area contributed by atoms with Gasteiger partial charge in [0.25, 0.3) is 0 Å². The minimum absolute atomic E-state index is 0. The predicted octanol–water partition coefficient (Wildman–Crippen LogP) is 3.50. The average Bonchev–Trinajstić information content (AvgIpc) is 2.40. The van der Waals surface area contributed by atoms with Crippen molar-refractivity contribution in [1.29, 1.82) is 0 Å². The van der Waals surface area contributed by atoms with Gasteiger partial charge in [-0.3, -0.25) is 0 Å². The van der Waals surface area contributed by atoms with Gasteiger partial charge in [-0.15, -0.1) is 12.4 Å². The molecule has 0 radical (unpaired) electrons. The molecular weight excluding hydrogens is 262 g/mol. The molecule has 0 fully saturated rings. The maximum absolute atomic E-state index is 9.52. The lowest BCUT2D eigenvalue weighted by Crippen LogP contribution is -2.01. The minimum atomic E-state index is 0. The predicted molar refractivity (Wildman–Crippen MR) is 79.2 cm³/mol. The van der Waals surface area contributed by atoms with Crippen molar-refractivity contribution in [1.82, 2.24) is 0 Å². The van der Waals surface area contributed by atoms with Crippen molar-refractivity contribution in [3.05, 3.63) is 54.1 Å². The number of nitrogens with two attached hydrogens (primary N) is 1. The number of phenols is 1. The smallest absolute Gasteiger partial charge is 0.130 e. The van der Waals surface area contributed by atoms with Crippen molar-refractivity contribution in [2.24, 2.45) is 5.73 Å². The van der Waals surface area contributed by atoms with Crippen molar-refractivity contribution in [2.45, 2.75) is 12.8 Å². The highest BCUT2D eigenvalue weighted by Crippen LogP contribution is 2.29. The van der Waals surface area contributed by atoms with E-state index in [1.165, 1.54) is 0 Å². The van der Waals surface area contributed by atoms with Gasteiger partial charge in [0.05, 0.1) is 0 Å². The van der Waals surface area contributed by atoms with Crippen LogP contribution in [0, 0.1) is 0 Å². The molecule has 2 aromatic carbocycles. The van der Waals surface area contributed by atoms with Gasteiger partial charge < -0.3 is 15.6 Å². The molecule has 0 aliphatic heterocycles. The molecule has 102 valence electrons. The zero-order valence-corrected chi connectivity index (χ0v) is 11.4. The Hall–Kier alpha value is -1.71. The lowest BCUT2D eigenvalue weighted by molar-refractivity contribution is 0.459. The monoisotopic (exact) mass is 279 g/mol. The molecule has 0 unspecified atom stereocenters. The number of hydrogen-bond donors (Lipinski definition) is 2. The van der Waals surface area contributed by atoms with Crippen LogP contribution in [0.5, 0.6) is 17.2 Å². The molecule has 2 aromatic rings. The van der Waals surface area contributed by atoms with Crippen LogP contribution in [0.4, 0.5) is 0 Å². The zero-order chi connectivity index (χ0) is 12.8. The Labute approximate surface area is 119 Å². The summed E-state index contributed by atoms with van der Waals surface area (Å²) in [6.07, 6.45) is 1.67. The topological polar surface area (TPSA) is 55.5 Å². The van der Waals surface area contributed by atoms with Gasteiger partial charge in [0.1, 0.15) is 17.2 Å². The molecule has 0 aliphatic carbocycles. The molecule has 19 heavy (non-hydrogen) atoms. The average molecular weight is 280 g/mol. The molecular formula is C15H18ClNO2. The number of ether oxygens (including phenoxy) is 1. The molecule has 0 spiro atoms. The van der Waals surface area contributed by atoms with Gasteiger partial charge in [-0.2, -0.15) is 0 Å². The number of aryl methyl sites for hydroxylation is 1. The standard InChI is InChI=1S/C15H17NO2.ClH/c16-10-4-5-12-11-13(17)8-9-15(12)18-14-6-2-1-3-7-14;/h1-3,6-9,11,17H,4-5,10,16H2;1H. The van der Waals surface area contributed by atoms with Crippen LogP contribution in [0.15, 0.2) is 48.5 Å². The first-order chi connectivity index (χ1) is 8.79. The van der Waals surface area contributed by atoms with Crippen LogP contribution in [-0.2, 0) is 6.42 Å². The first-order valence-electron chi connectivity index (χ1n) is 6.04. The largest absolute Gasteiger partial charge is 0.508 e. The first-order valence-corrected chi connectivity index (χ1v) is 6.04. The van der Waals surface area contributed by atoms with Crippen LogP contribution < -0.4 is 10.5 Å². The number of rotatable bonds is 5. The summed E-state index contributed by atoms with van der Waals surface area (Å²) in [5, 5.41) is 9.52. The molecule has 4 heteroatoms. The summed E-state index contributed by atoms with van der Waals surface area (Å²) in [6, 6.07) is 14.7. The maximum atomic E-state index is 9.52. The van der Waals surface area contributed by atoms with Gasteiger partial charge in [0, 0.05) is 0 Å². The number of phenolic OH excluding ortho intramolecular Hbond substituents is 1. The quantitative estimate of drug-likeness (QED) is 0.881. The minimum Gasteiger partial charge on any atom is -0.508 e. The summed E-state index contributed by atoms with van der Waals surface area (Å²) < 4.78 is 5.81. The SMILES string of the molecule is Cl.NCCCc1cc(O)ccc1Oc1ccccc1. The van der Waals surface area contributed by atoms with E-state index in [1.807, 2.05) is 30.3 Å². The van der Waals surface area contributed by atoms with E-state index < -0.39 is 0 Å². The normalized spacial score (nSPS) is 9.74. The van der Waals surface area contributed by atoms with Gasteiger partial charge in [0.15, 0.2) is 0 Å². The third-order valence-corrected chi connectivity index (χ3v) is 2.67. The lowest BCUT2D eigenvalue weighted by Gasteiger charge is -2.11. The molecule has 2 rings (SSSR count). The van der Waals surface area contributed by atoms with Gasteiger partial charge in [-0.05, 0) is 55.3 Å². The second-order valence-electron chi connectivity index (χ2n) is 4.10. The Morgan fingerprint density at radius 2 is 1.79 bits per heavy atom. The van der Waals surface area contributed by atoms with Crippen LogP contribution in [0.3, 0.4) is 0 Å². The molecule has 0 amide bonds. The zero-order valence-electron chi connectivity index (χ0n) is 10.6. The number of para-hydroxylation sites is 1. The summed E-state index contributed by atoms with van der Waals surface area (Å²) in [5.41, 5.74) is 6.49. The van der Waals surface area contributed by atoms with Crippen LogP contribution in [0.2, 0.25) is 0 Å². The molecule has 3 nitrogen and oxygen atoms in total. The van der Waals surface area contributed by atoms with E-state index in [4.69, 9.17) is 10.5 Å². The molecule has 0 aromatic heterocycles. The Morgan fingerprint density at radius 1 is 1.05 bits per heavy atom. The fourth-order valence-electron chi connectivity index (χ4n) is 1.77. The summed E-state index contributed by atoms with van der Waals surface area (Å²) in [5.74, 6) is 1.81. The second-order valence-corrected chi connectivity index (χ2v) is 4.10. The van der Waals surface area contributed by atoms with Crippen LogP contribution >= 0.6 is 12.4 Å². The molecule has 0 aliphatic rings. The van der Waals surface area contributed by atoms with Crippen molar-refractivity contribution in [2.75, 3.05) is 6.54 Å². The summed E-state index contributed by atoms with van der Waals surface area (Å²) in [6.45, 7) is 0.625. The van der Waals surface area contributed by atoms with Crippen molar-refractivity contribution >= 4 is 12.4 Å². The van der Waals surface area contributed by atoms with E-state index in [0.717, 1.165) is 29.9 Å². The van der Waals surface area contributed by atoms with Crippen LogP contribution in [0.25, 0.3) is 0 Å². The maximum Gasteiger partial charge on any atom is 0.130 e. The van der Waals surface area contributed by atoms with E-state index >= 15 is 0 Å². The molecule has 0 saturated carbocycles. The summed E-state index contributed by atoms with van der Waals surface area (Å²) >= 11 is 0. The van der Waals surface area contributed by atoms with E-state index in [2.05, 4.69) is 0 Å². The Balaban J connectivity index is 0.00000180. The number of benzene rings is 2. The summed E-state index contributed by atoms with van der Waals surface area (Å²) in [7, 11) is 0. The number of aromatic hydroxyl groups is 1. The molecule has 0 heterocycles. The Morgan fingerprint density at radius 3 is 2.47 bits per heavy atom. The van der Waals surface area contributed by atoms with E-state index in [0.29, 0.717) is 6.54 Å². The van der Waals surface area contributed by atoms with Gasteiger partial charge in [0.2, 0.25) is 0 Å². The third-order valence-electron chi connectivity index (χ3n) is 2.67. The first kappa shape index (κ1) is 15.3. The van der Waals surface area contributed by atoms with Crippen LogP contribution in [0.1, 0.15) is 12.0 Å². The van der Waals surface area contributed by atoms with E-state index in [-0.39, 0.29) is 18.2 Å². The number of halogens is 1. The van der Waals surface area contributed by atoms with E-state index in [1.54, 1.807) is 18.2 Å². The highest BCUT2D eigenvalue weighted by molar-refractivity contribution is 5.85. The van der Waals surface area contributed by atoms with Crippen molar-refractivity contribution < 1.29 is 9.84 Å². The fraction of sp³-hybridized carbons (Fsp3) is 0.200. The lowest BCUT2D eigenvalue weighted by atomic mass is 10.1. The molecule has 3 N–H and O–H groups in total. The van der Waals surface area contributed by atoms with Crippen LogP contribution in [-0.4, -0.2) is 11.7 Å². The third kappa shape index (κ3) is 4.47. The Kier molecular flexibility index (Phi) is 6.19. The molecule has 0 bridgehead atoms.